The molecule has 4 heterocycles. The third-order valence-corrected chi connectivity index (χ3v) is 6.35. The molecule has 1 aromatic carbocycles. The molecule has 9 nitrogen and oxygen atoms in total. The Morgan fingerprint density at radius 1 is 0.882 bits per heavy atom. The van der Waals surface area contributed by atoms with Crippen LogP contribution < -0.4 is 25.0 Å². The van der Waals surface area contributed by atoms with E-state index in [4.69, 9.17) is 43.4 Å². The summed E-state index contributed by atoms with van der Waals surface area (Å²) in [6.45, 7) is 3.23. The molecular formula is C23H23Cl2N7O2. The third kappa shape index (κ3) is 4.24. The number of ether oxygens (including phenoxy) is 2. The quantitative estimate of drug-likeness (QED) is 0.411. The van der Waals surface area contributed by atoms with Crippen molar-refractivity contribution in [2.45, 2.75) is 0 Å². The van der Waals surface area contributed by atoms with Crippen LogP contribution in [0.5, 0.6) is 11.5 Å². The predicted octanol–water partition coefficient (Wildman–Crippen LogP) is 4.02. The topological polar surface area (TPSA) is 94.0 Å². The number of piperazine rings is 1. The molecule has 0 amide bonds. The molecule has 2 N–H and O–H groups in total. The summed E-state index contributed by atoms with van der Waals surface area (Å²) in [6, 6.07) is 9.49. The summed E-state index contributed by atoms with van der Waals surface area (Å²) in [5.74, 6) is 2.13. The van der Waals surface area contributed by atoms with Gasteiger partial charge in [-0.2, -0.15) is 4.98 Å². The molecule has 0 aliphatic carbocycles. The monoisotopic (exact) mass is 499 g/mol. The highest BCUT2D eigenvalue weighted by atomic mass is 35.5. The van der Waals surface area contributed by atoms with Crippen LogP contribution in [0.4, 0.5) is 17.5 Å². The zero-order valence-corrected chi connectivity index (χ0v) is 20.2. The average Bonchev–Trinajstić information content (AvgIpc) is 3.26. The number of aromatic nitrogens is 4. The van der Waals surface area contributed by atoms with Gasteiger partial charge in [-0.05, 0) is 12.1 Å². The molecule has 1 aliphatic heterocycles. The summed E-state index contributed by atoms with van der Waals surface area (Å²) in [7, 11) is 3.19. The lowest BCUT2D eigenvalue weighted by molar-refractivity contribution is 0.395. The van der Waals surface area contributed by atoms with Crippen LogP contribution in [0.15, 0.2) is 42.7 Å². The lowest BCUT2D eigenvalue weighted by atomic mass is 10.1. The Bertz CT molecular complexity index is 1330. The van der Waals surface area contributed by atoms with Crippen molar-refractivity contribution in [2.24, 2.45) is 0 Å². The Labute approximate surface area is 206 Å². The van der Waals surface area contributed by atoms with E-state index in [0.717, 1.165) is 54.6 Å². The van der Waals surface area contributed by atoms with Gasteiger partial charge < -0.3 is 29.4 Å². The van der Waals surface area contributed by atoms with Gasteiger partial charge in [-0.15, -0.1) is 0 Å². The first kappa shape index (κ1) is 22.4. The van der Waals surface area contributed by atoms with Gasteiger partial charge >= 0.3 is 0 Å². The highest BCUT2D eigenvalue weighted by Crippen LogP contribution is 2.38. The Morgan fingerprint density at radius 3 is 2.32 bits per heavy atom. The Balaban J connectivity index is 1.37. The molecule has 1 aliphatic rings. The Kier molecular flexibility index (Phi) is 5.97. The number of nitrogens with zero attached hydrogens (tertiary/aromatic N) is 6. The van der Waals surface area contributed by atoms with Crippen LogP contribution in [0.3, 0.4) is 0 Å². The summed E-state index contributed by atoms with van der Waals surface area (Å²) in [5, 5.41) is 0.848. The van der Waals surface area contributed by atoms with E-state index in [9.17, 15) is 0 Å². The summed E-state index contributed by atoms with van der Waals surface area (Å²) in [4.78, 5) is 17.5. The van der Waals surface area contributed by atoms with Crippen molar-refractivity contribution < 1.29 is 9.47 Å². The second-order valence-corrected chi connectivity index (χ2v) is 8.64. The lowest BCUT2D eigenvalue weighted by Gasteiger charge is -2.36. The van der Waals surface area contributed by atoms with Gasteiger partial charge in [0.05, 0.1) is 24.9 Å². The van der Waals surface area contributed by atoms with Gasteiger partial charge in [0.2, 0.25) is 5.95 Å². The molecule has 1 fully saturated rings. The molecule has 0 spiro atoms. The van der Waals surface area contributed by atoms with Crippen LogP contribution in [0.1, 0.15) is 0 Å². The Hall–Kier alpha value is -3.43. The zero-order valence-electron chi connectivity index (χ0n) is 18.7. The maximum absolute atomic E-state index is 6.36. The van der Waals surface area contributed by atoms with E-state index in [1.54, 1.807) is 26.4 Å². The van der Waals surface area contributed by atoms with Gasteiger partial charge in [0.15, 0.2) is 0 Å². The minimum absolute atomic E-state index is 0.181. The van der Waals surface area contributed by atoms with E-state index < -0.39 is 0 Å². The van der Waals surface area contributed by atoms with Crippen molar-refractivity contribution in [3.8, 4) is 22.8 Å². The van der Waals surface area contributed by atoms with Gasteiger partial charge in [-0.25, -0.2) is 9.97 Å². The number of halogens is 2. The smallest absolute Gasteiger partial charge is 0.223 e. The number of pyridine rings is 1. The van der Waals surface area contributed by atoms with E-state index in [-0.39, 0.29) is 5.95 Å². The summed E-state index contributed by atoms with van der Waals surface area (Å²) in [5.41, 5.74) is 9.25. The molecule has 0 bridgehead atoms. The lowest BCUT2D eigenvalue weighted by Crippen LogP contribution is -2.46. The number of imidazole rings is 1. The molecular weight excluding hydrogens is 477 g/mol. The van der Waals surface area contributed by atoms with E-state index in [1.807, 2.05) is 22.9 Å². The molecule has 11 heteroatoms. The van der Waals surface area contributed by atoms with E-state index in [1.165, 1.54) is 0 Å². The van der Waals surface area contributed by atoms with Crippen molar-refractivity contribution in [1.82, 2.24) is 19.4 Å². The molecule has 3 aromatic heterocycles. The van der Waals surface area contributed by atoms with Gasteiger partial charge in [0.25, 0.3) is 0 Å². The first-order valence-electron chi connectivity index (χ1n) is 10.7. The van der Waals surface area contributed by atoms with Gasteiger partial charge in [-0.1, -0.05) is 23.2 Å². The number of rotatable bonds is 5. The van der Waals surface area contributed by atoms with Gasteiger partial charge in [-0.3, -0.25) is 0 Å². The van der Waals surface area contributed by atoms with Crippen molar-refractivity contribution in [1.29, 1.82) is 0 Å². The van der Waals surface area contributed by atoms with Crippen LogP contribution in [0, 0.1) is 0 Å². The fourth-order valence-corrected chi connectivity index (χ4v) is 4.56. The van der Waals surface area contributed by atoms with Crippen LogP contribution in [-0.2, 0) is 0 Å². The van der Waals surface area contributed by atoms with Gasteiger partial charge in [0, 0.05) is 68.0 Å². The molecule has 0 saturated carbocycles. The fourth-order valence-electron chi connectivity index (χ4n) is 4.14. The third-order valence-electron chi connectivity index (χ3n) is 5.86. The van der Waals surface area contributed by atoms with E-state index >= 15 is 0 Å². The largest absolute Gasteiger partial charge is 0.496 e. The predicted molar refractivity (Wildman–Crippen MR) is 135 cm³/mol. The molecule has 5 rings (SSSR count). The van der Waals surface area contributed by atoms with Crippen LogP contribution in [-0.4, -0.2) is 59.8 Å². The number of nitrogens with two attached hydrogens (primary N) is 1. The molecule has 0 radical (unpaired) electrons. The van der Waals surface area contributed by atoms with E-state index in [0.29, 0.717) is 21.7 Å². The zero-order chi connectivity index (χ0) is 23.8. The molecule has 0 atom stereocenters. The number of fused-ring (bicyclic) bond motifs is 1. The first-order chi connectivity index (χ1) is 16.4. The SMILES string of the molecule is COc1cc(OC)c(-c2cn3ccc(N4CCN(c5cc(Cl)nc(N)n5)CC4)cc3n2)cc1Cl. The molecule has 176 valence electrons. The molecule has 34 heavy (non-hydrogen) atoms. The molecule has 4 aromatic rings. The van der Waals surface area contributed by atoms with Crippen molar-refractivity contribution >= 4 is 46.3 Å². The highest BCUT2D eigenvalue weighted by molar-refractivity contribution is 6.32. The van der Waals surface area contributed by atoms with Crippen LogP contribution >= 0.6 is 23.2 Å². The van der Waals surface area contributed by atoms with Crippen LogP contribution in [0.2, 0.25) is 10.2 Å². The van der Waals surface area contributed by atoms with Crippen molar-refractivity contribution in [3.63, 3.8) is 0 Å². The summed E-state index contributed by atoms with van der Waals surface area (Å²) >= 11 is 12.4. The minimum atomic E-state index is 0.181. The van der Waals surface area contributed by atoms with E-state index in [2.05, 4.69) is 31.9 Å². The molecule has 1 saturated heterocycles. The number of nitrogen functional groups attached to an aromatic ring is 1. The summed E-state index contributed by atoms with van der Waals surface area (Å²) in [6.07, 6.45) is 3.97. The number of hydrogen-bond donors (Lipinski definition) is 1. The normalized spacial score (nSPS) is 14.0. The maximum atomic E-state index is 6.36. The maximum Gasteiger partial charge on any atom is 0.223 e. The van der Waals surface area contributed by atoms with Crippen molar-refractivity contribution in [2.75, 3.05) is 55.9 Å². The average molecular weight is 500 g/mol. The second kappa shape index (κ2) is 9.08. The second-order valence-electron chi connectivity index (χ2n) is 7.84. The highest BCUT2D eigenvalue weighted by Gasteiger charge is 2.20. The standard InChI is InChI=1S/C23H23Cl2N7O2/c1-33-18-11-19(34-2)16(24)10-15(18)17-13-32-4-3-14(9-21(32)27-17)30-5-7-31(8-6-30)22-12-20(25)28-23(26)29-22/h3-4,9-13H,5-8H2,1-2H3,(H2,26,28,29). The number of methoxy groups -OCH3 is 2. The molecule has 0 unspecified atom stereocenters. The summed E-state index contributed by atoms with van der Waals surface area (Å²) < 4.78 is 12.8. The number of hydrogen-bond acceptors (Lipinski definition) is 8. The van der Waals surface area contributed by atoms with Gasteiger partial charge in [0.1, 0.15) is 28.1 Å². The minimum Gasteiger partial charge on any atom is -0.496 e. The first-order valence-corrected chi connectivity index (χ1v) is 11.4. The number of anilines is 3. The van der Waals surface area contributed by atoms with Crippen molar-refractivity contribution in [3.05, 3.63) is 52.9 Å². The Morgan fingerprint density at radius 2 is 1.62 bits per heavy atom. The number of benzene rings is 1. The van der Waals surface area contributed by atoms with Crippen LogP contribution in [0.25, 0.3) is 16.9 Å². The fraction of sp³-hybridized carbons (Fsp3) is 0.261.